The van der Waals surface area contributed by atoms with Crippen LogP contribution in [-0.4, -0.2) is 10.5 Å². The lowest BCUT2D eigenvalue weighted by Crippen LogP contribution is -2.13. The van der Waals surface area contributed by atoms with Crippen LogP contribution in [0.1, 0.15) is 40.7 Å². The molecule has 0 radical (unpaired) electrons. The van der Waals surface area contributed by atoms with Crippen molar-refractivity contribution in [3.8, 4) is 11.1 Å². The Kier molecular flexibility index (Phi) is 5.40. The quantitative estimate of drug-likeness (QED) is 0.665. The van der Waals surface area contributed by atoms with Gasteiger partial charge in [0.2, 0.25) is 0 Å². The Balaban J connectivity index is 2.21. The van der Waals surface area contributed by atoms with Crippen LogP contribution in [0.4, 0.5) is 8.78 Å². The van der Waals surface area contributed by atoms with Crippen LogP contribution in [0.25, 0.3) is 11.1 Å². The first-order valence-electron chi connectivity index (χ1n) is 8.95. The van der Waals surface area contributed by atoms with Crippen molar-refractivity contribution in [3.05, 3.63) is 82.7 Å². The minimum absolute atomic E-state index is 0.339. The van der Waals surface area contributed by atoms with E-state index in [-0.39, 0.29) is 0 Å². The van der Waals surface area contributed by atoms with E-state index >= 15 is 0 Å². The van der Waals surface area contributed by atoms with Gasteiger partial charge in [-0.2, -0.15) is 0 Å². The van der Waals surface area contributed by atoms with Gasteiger partial charge in [0.1, 0.15) is 0 Å². The topological polar surface area (TPSA) is 48.0 Å². The molecule has 0 bridgehead atoms. The van der Waals surface area contributed by atoms with E-state index in [0.717, 1.165) is 41.4 Å². The first-order valence-corrected chi connectivity index (χ1v) is 8.95. The minimum atomic E-state index is -0.882. The van der Waals surface area contributed by atoms with Crippen molar-refractivity contribution in [2.24, 2.45) is 5.73 Å². The average Bonchev–Trinajstić information content (AvgIpc) is 2.92. The van der Waals surface area contributed by atoms with Crippen molar-refractivity contribution in [2.45, 2.75) is 33.2 Å². The normalized spacial score (nSPS) is 11.0. The third-order valence-corrected chi connectivity index (χ3v) is 4.75. The maximum atomic E-state index is 13.7. The van der Waals surface area contributed by atoms with E-state index in [1.54, 1.807) is 6.07 Å². The standard InChI is InChI=1S/C22H22F2N2O/c1-3-7-19-21(16-8-5-4-6-9-16)20(22(25)27)14(2)26(19)13-15-10-11-17(23)18(24)12-15/h4-6,8-12H,3,7,13H2,1-2H3,(H2,25,27). The maximum absolute atomic E-state index is 13.7. The summed E-state index contributed by atoms with van der Waals surface area (Å²) < 4.78 is 28.9. The van der Waals surface area contributed by atoms with Crippen LogP contribution in [0.3, 0.4) is 0 Å². The molecule has 5 heteroatoms. The second-order valence-corrected chi connectivity index (χ2v) is 6.60. The number of carbonyl (C=O) groups is 1. The van der Waals surface area contributed by atoms with Crippen LogP contribution in [0.2, 0.25) is 0 Å². The maximum Gasteiger partial charge on any atom is 0.251 e. The van der Waals surface area contributed by atoms with E-state index in [9.17, 15) is 13.6 Å². The Morgan fingerprint density at radius 2 is 1.78 bits per heavy atom. The Morgan fingerprint density at radius 1 is 1.07 bits per heavy atom. The van der Waals surface area contributed by atoms with Crippen LogP contribution in [0.5, 0.6) is 0 Å². The van der Waals surface area contributed by atoms with E-state index in [0.29, 0.717) is 17.7 Å². The molecule has 0 fully saturated rings. The van der Waals surface area contributed by atoms with Gasteiger partial charge in [-0.15, -0.1) is 0 Å². The van der Waals surface area contributed by atoms with E-state index in [2.05, 4.69) is 6.92 Å². The third kappa shape index (κ3) is 3.63. The van der Waals surface area contributed by atoms with Gasteiger partial charge in [-0.25, -0.2) is 8.78 Å². The molecular weight excluding hydrogens is 346 g/mol. The monoisotopic (exact) mass is 368 g/mol. The molecule has 3 rings (SSSR count). The summed E-state index contributed by atoms with van der Waals surface area (Å²) >= 11 is 0. The first kappa shape index (κ1) is 18.8. The lowest BCUT2D eigenvalue weighted by atomic mass is 9.98. The van der Waals surface area contributed by atoms with Crippen LogP contribution < -0.4 is 5.73 Å². The SMILES string of the molecule is CCCc1c(-c2ccccc2)c(C(N)=O)c(C)n1Cc1ccc(F)c(F)c1. The van der Waals surface area contributed by atoms with Crippen molar-refractivity contribution in [3.63, 3.8) is 0 Å². The molecule has 27 heavy (non-hydrogen) atoms. The van der Waals surface area contributed by atoms with Crippen molar-refractivity contribution >= 4 is 5.91 Å². The van der Waals surface area contributed by atoms with E-state index < -0.39 is 17.5 Å². The number of carbonyl (C=O) groups excluding carboxylic acids is 1. The molecule has 0 aliphatic carbocycles. The highest BCUT2D eigenvalue weighted by molar-refractivity contribution is 6.02. The number of benzene rings is 2. The molecule has 1 amide bonds. The molecule has 1 heterocycles. The van der Waals surface area contributed by atoms with Crippen molar-refractivity contribution in [1.29, 1.82) is 0 Å². The van der Waals surface area contributed by atoms with Crippen LogP contribution in [0, 0.1) is 18.6 Å². The first-order chi connectivity index (χ1) is 12.9. The highest BCUT2D eigenvalue weighted by Crippen LogP contribution is 2.34. The molecule has 0 unspecified atom stereocenters. The number of amides is 1. The molecule has 2 aromatic carbocycles. The Morgan fingerprint density at radius 3 is 2.37 bits per heavy atom. The van der Waals surface area contributed by atoms with Gasteiger partial charge in [0.05, 0.1) is 5.56 Å². The molecule has 0 saturated heterocycles. The molecule has 3 aromatic rings. The number of hydrogen-bond donors (Lipinski definition) is 1. The summed E-state index contributed by atoms with van der Waals surface area (Å²) in [5.41, 5.74) is 10.3. The molecule has 0 aliphatic heterocycles. The van der Waals surface area contributed by atoms with Gasteiger partial charge >= 0.3 is 0 Å². The number of aromatic nitrogens is 1. The highest BCUT2D eigenvalue weighted by Gasteiger charge is 2.24. The molecule has 0 saturated carbocycles. The predicted octanol–water partition coefficient (Wildman–Crippen LogP) is 4.84. The third-order valence-electron chi connectivity index (χ3n) is 4.75. The number of halogens is 2. The Hall–Kier alpha value is -2.95. The van der Waals surface area contributed by atoms with Gasteiger partial charge in [-0.3, -0.25) is 4.79 Å². The van der Waals surface area contributed by atoms with E-state index in [1.807, 2.05) is 41.8 Å². The molecule has 0 spiro atoms. The van der Waals surface area contributed by atoms with Gasteiger partial charge < -0.3 is 10.3 Å². The lowest BCUT2D eigenvalue weighted by molar-refractivity contribution is 0.1000. The molecule has 140 valence electrons. The summed E-state index contributed by atoms with van der Waals surface area (Å²) in [6.07, 6.45) is 1.61. The molecule has 2 N–H and O–H groups in total. The van der Waals surface area contributed by atoms with E-state index in [4.69, 9.17) is 5.73 Å². The fraction of sp³-hybridized carbons (Fsp3) is 0.227. The summed E-state index contributed by atoms with van der Waals surface area (Å²) in [6, 6.07) is 13.5. The molecular formula is C22H22F2N2O. The van der Waals surface area contributed by atoms with Crippen molar-refractivity contribution in [2.75, 3.05) is 0 Å². The summed E-state index contributed by atoms with van der Waals surface area (Å²) in [6.45, 7) is 4.24. The molecule has 3 nitrogen and oxygen atoms in total. The van der Waals surface area contributed by atoms with Gasteiger partial charge in [0.25, 0.3) is 5.91 Å². The summed E-state index contributed by atoms with van der Waals surface area (Å²) in [5.74, 6) is -2.25. The average molecular weight is 368 g/mol. The largest absolute Gasteiger partial charge is 0.366 e. The Bertz CT molecular complexity index is 978. The molecule has 0 aliphatic rings. The van der Waals surface area contributed by atoms with E-state index in [1.165, 1.54) is 6.07 Å². The van der Waals surface area contributed by atoms with Gasteiger partial charge in [-0.1, -0.05) is 49.7 Å². The van der Waals surface area contributed by atoms with Crippen LogP contribution in [0.15, 0.2) is 48.5 Å². The number of nitrogens with two attached hydrogens (primary N) is 1. The van der Waals surface area contributed by atoms with Gasteiger partial charge in [-0.05, 0) is 36.6 Å². The summed E-state index contributed by atoms with van der Waals surface area (Å²) in [4.78, 5) is 12.2. The van der Waals surface area contributed by atoms with Crippen LogP contribution in [-0.2, 0) is 13.0 Å². The fourth-order valence-corrected chi connectivity index (χ4v) is 3.55. The van der Waals surface area contributed by atoms with Gasteiger partial charge in [0, 0.05) is 23.5 Å². The summed E-state index contributed by atoms with van der Waals surface area (Å²) in [7, 11) is 0. The second-order valence-electron chi connectivity index (χ2n) is 6.60. The fourth-order valence-electron chi connectivity index (χ4n) is 3.55. The Labute approximate surface area is 157 Å². The zero-order chi connectivity index (χ0) is 19.6. The second kappa shape index (κ2) is 7.74. The number of rotatable bonds is 6. The number of nitrogens with zero attached hydrogens (tertiary/aromatic N) is 1. The van der Waals surface area contributed by atoms with Gasteiger partial charge in [0.15, 0.2) is 11.6 Å². The van der Waals surface area contributed by atoms with Crippen molar-refractivity contribution in [1.82, 2.24) is 4.57 Å². The lowest BCUT2D eigenvalue weighted by Gasteiger charge is -2.13. The number of primary amides is 1. The molecule has 0 atom stereocenters. The summed E-state index contributed by atoms with van der Waals surface area (Å²) in [5, 5.41) is 0. The minimum Gasteiger partial charge on any atom is -0.366 e. The predicted molar refractivity (Wildman–Crippen MR) is 103 cm³/mol. The highest BCUT2D eigenvalue weighted by atomic mass is 19.2. The zero-order valence-electron chi connectivity index (χ0n) is 15.4. The smallest absolute Gasteiger partial charge is 0.251 e. The molecule has 1 aromatic heterocycles. The number of hydrogen-bond acceptors (Lipinski definition) is 1. The zero-order valence-corrected chi connectivity index (χ0v) is 15.4. The van der Waals surface area contributed by atoms with Crippen molar-refractivity contribution < 1.29 is 13.6 Å². The van der Waals surface area contributed by atoms with Crippen LogP contribution >= 0.6 is 0 Å².